The number of thiophene rings is 1. The number of nitrogens with zero attached hydrogens (tertiary/aromatic N) is 2. The van der Waals surface area contributed by atoms with Gasteiger partial charge in [0, 0.05) is 4.88 Å². The number of hydrogen-bond donors (Lipinski definition) is 1. The van der Waals surface area contributed by atoms with Crippen LogP contribution in [0.5, 0.6) is 0 Å². The van der Waals surface area contributed by atoms with E-state index in [0.717, 1.165) is 10.4 Å². The van der Waals surface area contributed by atoms with Gasteiger partial charge in [0.2, 0.25) is 5.89 Å². The minimum absolute atomic E-state index is 0.0837. The molecule has 1 aromatic carbocycles. The molecule has 0 saturated heterocycles. The van der Waals surface area contributed by atoms with Crippen molar-refractivity contribution in [2.24, 2.45) is 0 Å². The third kappa shape index (κ3) is 3.52. The van der Waals surface area contributed by atoms with E-state index in [1.807, 2.05) is 17.5 Å². The molecule has 0 unspecified atom stereocenters. The fraction of sp³-hybridized carbons (Fsp3) is 0.111. The molecule has 4 aromatic rings. The van der Waals surface area contributed by atoms with Crippen LogP contribution in [0.3, 0.4) is 0 Å². The molecule has 3 heterocycles. The van der Waals surface area contributed by atoms with E-state index >= 15 is 0 Å². The molecule has 5 nitrogen and oxygen atoms in total. The molecule has 1 N–H and O–H groups in total. The van der Waals surface area contributed by atoms with Crippen LogP contribution in [0.15, 0.2) is 69.0 Å². The van der Waals surface area contributed by atoms with E-state index in [-0.39, 0.29) is 11.9 Å². The lowest BCUT2D eigenvalue weighted by Crippen LogP contribution is -2.21. The second-order valence-electron chi connectivity index (χ2n) is 5.36. The maximum atomic E-state index is 13.2. The first-order valence-corrected chi connectivity index (χ1v) is 8.56. The Morgan fingerprint density at radius 1 is 1.08 bits per heavy atom. The Bertz CT molecular complexity index is 918. The van der Waals surface area contributed by atoms with Gasteiger partial charge in [0.05, 0.1) is 18.8 Å². The molecule has 0 radical (unpaired) electrons. The molecule has 4 rings (SSSR count). The summed E-state index contributed by atoms with van der Waals surface area (Å²) in [5, 5.41) is 13.4. The molecule has 0 aliphatic carbocycles. The Balaban J connectivity index is 1.52. The van der Waals surface area contributed by atoms with Gasteiger partial charge in [-0.25, -0.2) is 4.39 Å². The topological polar surface area (TPSA) is 64.1 Å². The predicted molar refractivity (Wildman–Crippen MR) is 91.4 cm³/mol. The van der Waals surface area contributed by atoms with Gasteiger partial charge in [-0.15, -0.1) is 21.5 Å². The second-order valence-corrected chi connectivity index (χ2v) is 6.34. The highest BCUT2D eigenvalue weighted by Crippen LogP contribution is 2.27. The number of halogens is 1. The highest BCUT2D eigenvalue weighted by molar-refractivity contribution is 7.10. The molecule has 0 saturated carbocycles. The van der Waals surface area contributed by atoms with Crippen molar-refractivity contribution >= 4 is 11.3 Å². The first-order valence-electron chi connectivity index (χ1n) is 7.68. The Hall–Kier alpha value is -2.77. The summed E-state index contributed by atoms with van der Waals surface area (Å²) in [6, 6.07) is 13.9. The third-order valence-corrected chi connectivity index (χ3v) is 4.62. The smallest absolute Gasteiger partial charge is 0.283 e. The van der Waals surface area contributed by atoms with E-state index in [0.29, 0.717) is 24.1 Å². The standard InChI is InChI=1S/C18H14FN3O2S/c19-13-7-5-12(6-8-13)17(15-4-2-10-25-15)20-11-16-21-22-18(24-16)14-3-1-9-23-14/h1-10,17,20H,11H2/t17-/m1/s1. The van der Waals surface area contributed by atoms with E-state index in [1.54, 1.807) is 41.9 Å². The van der Waals surface area contributed by atoms with Crippen molar-refractivity contribution < 1.29 is 13.2 Å². The summed E-state index contributed by atoms with van der Waals surface area (Å²) in [7, 11) is 0. The minimum atomic E-state index is -0.256. The van der Waals surface area contributed by atoms with Crippen molar-refractivity contribution in [1.29, 1.82) is 0 Å². The summed E-state index contributed by atoms with van der Waals surface area (Å²) in [6.07, 6.45) is 1.55. The lowest BCUT2D eigenvalue weighted by Gasteiger charge is -2.17. The quantitative estimate of drug-likeness (QED) is 0.555. The number of aromatic nitrogens is 2. The van der Waals surface area contributed by atoms with Crippen LogP contribution in [0.25, 0.3) is 11.7 Å². The number of benzene rings is 1. The first kappa shape index (κ1) is 15.7. The molecule has 0 aliphatic heterocycles. The predicted octanol–water partition coefficient (Wildman–Crippen LogP) is 4.41. The normalized spacial score (nSPS) is 12.4. The van der Waals surface area contributed by atoms with E-state index in [9.17, 15) is 4.39 Å². The van der Waals surface area contributed by atoms with Crippen LogP contribution in [0.2, 0.25) is 0 Å². The van der Waals surface area contributed by atoms with Gasteiger partial charge in [-0.2, -0.15) is 0 Å². The average molecular weight is 355 g/mol. The summed E-state index contributed by atoms with van der Waals surface area (Å²) >= 11 is 1.63. The van der Waals surface area contributed by atoms with Crippen molar-refractivity contribution in [3.63, 3.8) is 0 Å². The van der Waals surface area contributed by atoms with Crippen LogP contribution >= 0.6 is 11.3 Å². The van der Waals surface area contributed by atoms with E-state index < -0.39 is 0 Å². The Morgan fingerprint density at radius 2 is 1.96 bits per heavy atom. The minimum Gasteiger partial charge on any atom is -0.459 e. The molecular weight excluding hydrogens is 341 g/mol. The fourth-order valence-electron chi connectivity index (χ4n) is 2.51. The van der Waals surface area contributed by atoms with Gasteiger partial charge in [0.25, 0.3) is 5.89 Å². The van der Waals surface area contributed by atoms with Crippen LogP contribution in [-0.2, 0) is 6.54 Å². The van der Waals surface area contributed by atoms with Crippen molar-refractivity contribution in [3.05, 3.63) is 82.3 Å². The van der Waals surface area contributed by atoms with E-state index in [2.05, 4.69) is 15.5 Å². The SMILES string of the molecule is Fc1ccc([C@@H](NCc2nnc(-c3ccco3)o2)c2cccs2)cc1. The highest BCUT2D eigenvalue weighted by atomic mass is 32.1. The van der Waals surface area contributed by atoms with Gasteiger partial charge >= 0.3 is 0 Å². The molecule has 0 amide bonds. The molecule has 7 heteroatoms. The number of rotatable bonds is 6. The summed E-state index contributed by atoms with van der Waals surface area (Å²) in [5.41, 5.74) is 0.967. The largest absolute Gasteiger partial charge is 0.459 e. The summed E-state index contributed by atoms with van der Waals surface area (Å²) in [4.78, 5) is 1.12. The van der Waals surface area contributed by atoms with Crippen molar-refractivity contribution in [2.75, 3.05) is 0 Å². The molecule has 0 aliphatic rings. The van der Waals surface area contributed by atoms with Crippen LogP contribution in [0.4, 0.5) is 4.39 Å². The van der Waals surface area contributed by atoms with Gasteiger partial charge in [-0.1, -0.05) is 18.2 Å². The average Bonchev–Trinajstić information content (AvgIpc) is 3.39. The molecular formula is C18H14FN3O2S. The molecule has 25 heavy (non-hydrogen) atoms. The Labute approximate surface area is 147 Å². The Kier molecular flexibility index (Phi) is 4.41. The van der Waals surface area contributed by atoms with Crippen LogP contribution in [0.1, 0.15) is 22.4 Å². The monoisotopic (exact) mass is 355 g/mol. The summed E-state index contributed by atoms with van der Waals surface area (Å²) in [5.74, 6) is 1.08. The zero-order valence-corrected chi connectivity index (χ0v) is 13.9. The zero-order valence-electron chi connectivity index (χ0n) is 13.1. The van der Waals surface area contributed by atoms with Gasteiger partial charge < -0.3 is 8.83 Å². The Morgan fingerprint density at radius 3 is 2.68 bits per heavy atom. The van der Waals surface area contributed by atoms with Crippen molar-refractivity contribution in [1.82, 2.24) is 15.5 Å². The van der Waals surface area contributed by atoms with Crippen LogP contribution in [-0.4, -0.2) is 10.2 Å². The van der Waals surface area contributed by atoms with Crippen LogP contribution in [0, 0.1) is 5.82 Å². The zero-order chi connectivity index (χ0) is 17.1. The molecule has 3 aromatic heterocycles. The fourth-order valence-corrected chi connectivity index (χ4v) is 3.33. The summed E-state index contributed by atoms with van der Waals surface area (Å²) in [6.45, 7) is 0.383. The highest BCUT2D eigenvalue weighted by Gasteiger charge is 2.17. The van der Waals surface area contributed by atoms with Crippen LogP contribution < -0.4 is 5.32 Å². The number of furan rings is 1. The number of nitrogens with one attached hydrogen (secondary N) is 1. The number of hydrogen-bond acceptors (Lipinski definition) is 6. The molecule has 126 valence electrons. The second kappa shape index (κ2) is 7.00. The summed E-state index contributed by atoms with van der Waals surface area (Å²) < 4.78 is 24.1. The molecule has 1 atom stereocenters. The molecule has 0 bridgehead atoms. The maximum Gasteiger partial charge on any atom is 0.283 e. The third-order valence-electron chi connectivity index (χ3n) is 3.69. The van der Waals surface area contributed by atoms with E-state index in [4.69, 9.17) is 8.83 Å². The lowest BCUT2D eigenvalue weighted by molar-refractivity contribution is 0.450. The van der Waals surface area contributed by atoms with Crippen molar-refractivity contribution in [3.8, 4) is 11.7 Å². The first-order chi connectivity index (χ1) is 12.3. The lowest BCUT2D eigenvalue weighted by atomic mass is 10.1. The van der Waals surface area contributed by atoms with E-state index in [1.165, 1.54) is 12.1 Å². The van der Waals surface area contributed by atoms with Crippen molar-refractivity contribution in [2.45, 2.75) is 12.6 Å². The van der Waals surface area contributed by atoms with Gasteiger partial charge in [-0.05, 0) is 41.3 Å². The van der Waals surface area contributed by atoms with Gasteiger partial charge in [-0.3, -0.25) is 5.32 Å². The molecule has 0 fully saturated rings. The van der Waals surface area contributed by atoms with Gasteiger partial charge in [0.1, 0.15) is 5.82 Å². The maximum absolute atomic E-state index is 13.2. The molecule has 0 spiro atoms. The van der Waals surface area contributed by atoms with Gasteiger partial charge in [0.15, 0.2) is 5.76 Å².